The molecule has 0 radical (unpaired) electrons. The number of hydrogen-bond acceptors (Lipinski definition) is 2. The molecule has 0 unspecified atom stereocenters. The van der Waals surface area contributed by atoms with Gasteiger partial charge >= 0.3 is 6.18 Å². The molecule has 0 bridgehead atoms. The Morgan fingerprint density at radius 2 is 2.05 bits per heavy atom. The number of nitrogens with zero attached hydrogens (tertiary/aromatic N) is 1. The fraction of sp³-hybridized carbons (Fsp3) is 0.417. The van der Waals surface area contributed by atoms with Crippen LogP contribution in [0.15, 0.2) is 22.7 Å². The van der Waals surface area contributed by atoms with Crippen LogP contribution >= 0.6 is 15.9 Å². The first kappa shape index (κ1) is 14.3. The van der Waals surface area contributed by atoms with Crippen LogP contribution in [0.1, 0.15) is 15.9 Å². The molecule has 3 nitrogen and oxygen atoms in total. The monoisotopic (exact) mass is 337 g/mol. The van der Waals surface area contributed by atoms with Gasteiger partial charge in [-0.1, -0.05) is 0 Å². The molecule has 2 rings (SSSR count). The van der Waals surface area contributed by atoms with Gasteiger partial charge < -0.3 is 10.0 Å². The molecule has 1 N–H and O–H groups in total. The number of carbonyl (C=O) groups is 1. The van der Waals surface area contributed by atoms with Crippen molar-refractivity contribution in [1.29, 1.82) is 0 Å². The van der Waals surface area contributed by atoms with Crippen LogP contribution in [0.25, 0.3) is 0 Å². The Kier molecular flexibility index (Phi) is 3.87. The van der Waals surface area contributed by atoms with E-state index in [-0.39, 0.29) is 18.1 Å². The van der Waals surface area contributed by atoms with Gasteiger partial charge in [0.15, 0.2) is 0 Å². The quantitative estimate of drug-likeness (QED) is 0.900. The van der Waals surface area contributed by atoms with Crippen molar-refractivity contribution in [1.82, 2.24) is 4.90 Å². The number of rotatable bonds is 2. The Morgan fingerprint density at radius 1 is 1.42 bits per heavy atom. The fourth-order valence-corrected chi connectivity index (χ4v) is 2.30. The number of aliphatic hydroxyl groups is 1. The molecule has 1 aromatic rings. The highest BCUT2D eigenvalue weighted by Crippen LogP contribution is 2.33. The maximum atomic E-state index is 12.6. The molecule has 1 heterocycles. The summed E-state index contributed by atoms with van der Waals surface area (Å²) >= 11 is 3.09. The van der Waals surface area contributed by atoms with Crippen LogP contribution in [-0.2, 0) is 6.18 Å². The van der Waals surface area contributed by atoms with Crippen molar-refractivity contribution in [2.24, 2.45) is 5.92 Å². The van der Waals surface area contributed by atoms with Gasteiger partial charge in [0, 0.05) is 30.1 Å². The second kappa shape index (κ2) is 5.13. The molecule has 1 aromatic carbocycles. The zero-order valence-electron chi connectivity index (χ0n) is 9.75. The van der Waals surface area contributed by atoms with Crippen molar-refractivity contribution in [3.63, 3.8) is 0 Å². The summed E-state index contributed by atoms with van der Waals surface area (Å²) in [5.41, 5.74) is -0.857. The molecule has 0 saturated carbocycles. The maximum absolute atomic E-state index is 12.6. The minimum atomic E-state index is -4.47. The normalized spacial score (nSPS) is 16.4. The summed E-state index contributed by atoms with van der Waals surface area (Å²) in [7, 11) is 0. The third kappa shape index (κ3) is 2.92. The Morgan fingerprint density at radius 3 is 2.58 bits per heavy atom. The first-order valence-electron chi connectivity index (χ1n) is 5.60. The molecule has 0 aromatic heterocycles. The summed E-state index contributed by atoms with van der Waals surface area (Å²) in [6, 6.07) is 2.99. The summed E-state index contributed by atoms with van der Waals surface area (Å²) in [6.07, 6.45) is -4.47. The van der Waals surface area contributed by atoms with Gasteiger partial charge in [0.25, 0.3) is 5.91 Å². The second-order valence-electron chi connectivity index (χ2n) is 4.45. The molecule has 0 spiro atoms. The largest absolute Gasteiger partial charge is 0.416 e. The highest BCUT2D eigenvalue weighted by atomic mass is 79.9. The van der Waals surface area contributed by atoms with Crippen LogP contribution < -0.4 is 0 Å². The van der Waals surface area contributed by atoms with Crippen LogP contribution in [0.5, 0.6) is 0 Å². The van der Waals surface area contributed by atoms with Gasteiger partial charge in [-0.15, -0.1) is 0 Å². The molecule has 0 aliphatic carbocycles. The van der Waals surface area contributed by atoms with Crippen molar-refractivity contribution < 1.29 is 23.1 Å². The molecule has 1 fully saturated rings. The van der Waals surface area contributed by atoms with Crippen LogP contribution in [0, 0.1) is 5.92 Å². The van der Waals surface area contributed by atoms with E-state index in [0.717, 1.165) is 12.1 Å². The van der Waals surface area contributed by atoms with E-state index in [9.17, 15) is 18.0 Å². The second-order valence-corrected chi connectivity index (χ2v) is 5.31. The lowest BCUT2D eigenvalue weighted by molar-refractivity contribution is -0.137. The minimum Gasteiger partial charge on any atom is -0.396 e. The molecule has 1 saturated heterocycles. The van der Waals surface area contributed by atoms with Gasteiger partial charge in [0.2, 0.25) is 0 Å². The lowest BCUT2D eigenvalue weighted by Crippen LogP contribution is -2.51. The number of aliphatic hydroxyl groups excluding tert-OH is 1. The smallest absolute Gasteiger partial charge is 0.396 e. The van der Waals surface area contributed by atoms with Gasteiger partial charge in [-0.2, -0.15) is 13.2 Å². The van der Waals surface area contributed by atoms with Crippen LogP contribution in [-0.4, -0.2) is 35.6 Å². The Labute approximate surface area is 116 Å². The van der Waals surface area contributed by atoms with E-state index in [1.54, 1.807) is 0 Å². The molecule has 0 atom stereocenters. The van der Waals surface area contributed by atoms with Gasteiger partial charge in [-0.3, -0.25) is 4.79 Å². The highest BCUT2D eigenvalue weighted by molar-refractivity contribution is 9.10. The summed E-state index contributed by atoms with van der Waals surface area (Å²) in [6.45, 7) is 0.726. The summed E-state index contributed by atoms with van der Waals surface area (Å²) < 4.78 is 38.1. The summed E-state index contributed by atoms with van der Waals surface area (Å²) in [5.74, 6) is -0.434. The van der Waals surface area contributed by atoms with Crippen molar-refractivity contribution >= 4 is 21.8 Å². The van der Waals surface area contributed by atoms with E-state index in [2.05, 4.69) is 15.9 Å². The molecule has 19 heavy (non-hydrogen) atoms. The lowest BCUT2D eigenvalue weighted by Gasteiger charge is -2.38. The van der Waals surface area contributed by atoms with Crippen molar-refractivity contribution in [2.45, 2.75) is 6.18 Å². The molecular weight excluding hydrogens is 327 g/mol. The van der Waals surface area contributed by atoms with E-state index in [1.165, 1.54) is 11.0 Å². The van der Waals surface area contributed by atoms with E-state index in [1.807, 2.05) is 0 Å². The standard InChI is InChI=1S/C12H11BrF3NO2/c13-10-2-1-8(12(14,15)16)3-9(10)11(19)17-4-7(5-17)6-18/h1-3,7,18H,4-6H2. The molecule has 1 aliphatic heterocycles. The number of likely N-dealkylation sites (tertiary alicyclic amines) is 1. The number of alkyl halides is 3. The van der Waals surface area contributed by atoms with Crippen molar-refractivity contribution in [3.8, 4) is 0 Å². The number of hydrogen-bond donors (Lipinski definition) is 1. The Hall–Kier alpha value is -1.08. The number of benzene rings is 1. The lowest BCUT2D eigenvalue weighted by atomic mass is 9.99. The van der Waals surface area contributed by atoms with Gasteiger partial charge in [0.1, 0.15) is 0 Å². The Balaban J connectivity index is 2.22. The topological polar surface area (TPSA) is 40.5 Å². The Bertz CT molecular complexity index is 498. The fourth-order valence-electron chi connectivity index (χ4n) is 1.89. The average Bonchev–Trinajstić information content (AvgIpc) is 2.26. The van der Waals surface area contributed by atoms with Gasteiger partial charge in [-0.05, 0) is 34.1 Å². The number of amides is 1. The zero-order chi connectivity index (χ0) is 14.2. The van der Waals surface area contributed by atoms with Gasteiger partial charge in [-0.25, -0.2) is 0 Å². The average molecular weight is 338 g/mol. The van der Waals surface area contributed by atoms with Crippen molar-refractivity contribution in [3.05, 3.63) is 33.8 Å². The number of halogens is 4. The number of carbonyl (C=O) groups excluding carboxylic acids is 1. The van der Waals surface area contributed by atoms with E-state index in [0.29, 0.717) is 17.6 Å². The molecule has 104 valence electrons. The van der Waals surface area contributed by atoms with Gasteiger partial charge in [0.05, 0.1) is 11.1 Å². The third-order valence-corrected chi connectivity index (χ3v) is 3.72. The first-order chi connectivity index (χ1) is 8.82. The van der Waals surface area contributed by atoms with Crippen LogP contribution in [0.3, 0.4) is 0 Å². The van der Waals surface area contributed by atoms with E-state index < -0.39 is 17.6 Å². The van der Waals surface area contributed by atoms with E-state index in [4.69, 9.17) is 5.11 Å². The molecule has 1 aliphatic rings. The van der Waals surface area contributed by atoms with Crippen LogP contribution in [0.4, 0.5) is 13.2 Å². The summed E-state index contributed by atoms with van der Waals surface area (Å²) in [4.78, 5) is 13.5. The molecule has 7 heteroatoms. The van der Waals surface area contributed by atoms with E-state index >= 15 is 0 Å². The van der Waals surface area contributed by atoms with Crippen molar-refractivity contribution in [2.75, 3.05) is 19.7 Å². The zero-order valence-corrected chi connectivity index (χ0v) is 11.3. The predicted octanol–water partition coefficient (Wildman–Crippen LogP) is 2.53. The maximum Gasteiger partial charge on any atom is 0.416 e. The predicted molar refractivity (Wildman–Crippen MR) is 65.6 cm³/mol. The molecule has 1 amide bonds. The summed E-state index contributed by atoms with van der Waals surface area (Å²) in [5, 5.41) is 8.87. The highest BCUT2D eigenvalue weighted by Gasteiger charge is 2.34. The first-order valence-corrected chi connectivity index (χ1v) is 6.39. The SMILES string of the molecule is O=C(c1cc(C(F)(F)F)ccc1Br)N1CC(CO)C1. The third-order valence-electron chi connectivity index (χ3n) is 3.03. The molecular formula is C12H11BrF3NO2. The van der Waals surface area contributed by atoms with Crippen LogP contribution in [0.2, 0.25) is 0 Å². The minimum absolute atomic E-state index is 0.00813.